The van der Waals surface area contributed by atoms with Gasteiger partial charge in [-0.3, -0.25) is 9.98 Å². The van der Waals surface area contributed by atoms with Crippen LogP contribution in [0.25, 0.3) is 0 Å². The van der Waals surface area contributed by atoms with Crippen molar-refractivity contribution in [3.63, 3.8) is 0 Å². The average Bonchev–Trinajstić information content (AvgIpc) is 2.26. The molecule has 0 aromatic carbocycles. The Kier molecular flexibility index (Phi) is 14.5. The molecule has 126 valence electrons. The molecule has 1 rings (SSSR count). The van der Waals surface area contributed by atoms with Crippen molar-refractivity contribution in [2.45, 2.75) is 60.5 Å². The molecular weight excluding hydrogens is 361 g/mol. The van der Waals surface area contributed by atoms with Crippen LogP contribution in [0.1, 0.15) is 58.5 Å². The number of halogens is 2. The van der Waals surface area contributed by atoms with E-state index in [2.05, 4.69) is 61.7 Å². The van der Waals surface area contributed by atoms with Gasteiger partial charge in [0.15, 0.2) is 0 Å². The summed E-state index contributed by atoms with van der Waals surface area (Å²) in [6.07, 6.45) is 0. The normalized spacial score (nSPS) is 11.7. The third-order valence-electron chi connectivity index (χ3n) is 2.61. The van der Waals surface area contributed by atoms with Gasteiger partial charge in [0.2, 0.25) is 0 Å². The Labute approximate surface area is 157 Å². The second-order valence-corrected chi connectivity index (χ2v) is 5.53. The zero-order chi connectivity index (χ0) is 14.6. The maximum absolute atomic E-state index is 4.68. The van der Waals surface area contributed by atoms with Gasteiger partial charge in [-0.2, -0.15) is 0 Å². The molecule has 0 spiro atoms. The van der Waals surface area contributed by atoms with Gasteiger partial charge in [-0.25, -0.2) is 4.98 Å². The molecule has 0 aliphatic heterocycles. The van der Waals surface area contributed by atoms with Crippen LogP contribution >= 0.6 is 0 Å². The molecule has 1 aromatic heterocycles. The molecule has 1 heterocycles. The molecule has 0 bridgehead atoms. The first-order chi connectivity index (χ1) is 8.79. The topological polar surface area (TPSA) is 37.6 Å². The molecule has 0 aliphatic carbocycles. The molecule has 3 nitrogen and oxygen atoms in total. The number of nitrogens with zero attached hydrogens (tertiary/aromatic N) is 3. The standard InChI is InChI=1S/C16H25N3.2ClH.Fe/c1-10(2)17-13(6)15-8-12(5)9-16(19-15)14(7)18-11(3)4;;;/h8-11H,1-7H3;2*1H;/q;;;+2/p-2. The van der Waals surface area contributed by atoms with Crippen LogP contribution in [0.4, 0.5) is 0 Å². The summed E-state index contributed by atoms with van der Waals surface area (Å²) in [6.45, 7) is 14.4. The second kappa shape index (κ2) is 12.1. The zero-order valence-electron chi connectivity index (χ0n) is 14.3. The number of aryl methyl sites for hydroxylation is 1. The molecular formula is C16H25Cl2FeN3. The summed E-state index contributed by atoms with van der Waals surface area (Å²) < 4.78 is 0. The smallest absolute Gasteiger partial charge is 1.00 e. The predicted molar refractivity (Wildman–Crippen MR) is 83.7 cm³/mol. The summed E-state index contributed by atoms with van der Waals surface area (Å²) >= 11 is 0. The number of pyridine rings is 1. The number of aliphatic imine (C=N–C) groups is 2. The van der Waals surface area contributed by atoms with Crippen LogP contribution in [0.5, 0.6) is 0 Å². The van der Waals surface area contributed by atoms with Crippen LogP contribution in [0.3, 0.4) is 0 Å². The number of hydrogen-bond acceptors (Lipinski definition) is 3. The number of hydrogen-bond donors (Lipinski definition) is 0. The van der Waals surface area contributed by atoms with Crippen molar-refractivity contribution in [2.75, 3.05) is 0 Å². The van der Waals surface area contributed by atoms with E-state index in [9.17, 15) is 0 Å². The molecule has 0 atom stereocenters. The number of aromatic nitrogens is 1. The maximum atomic E-state index is 4.68. The zero-order valence-corrected chi connectivity index (χ0v) is 16.9. The van der Waals surface area contributed by atoms with Crippen molar-refractivity contribution in [1.82, 2.24) is 4.98 Å². The summed E-state index contributed by atoms with van der Waals surface area (Å²) in [5.74, 6) is 0. The van der Waals surface area contributed by atoms with Crippen LogP contribution in [0, 0.1) is 6.92 Å². The molecule has 6 heteroatoms. The monoisotopic (exact) mass is 385 g/mol. The van der Waals surface area contributed by atoms with Crippen LogP contribution in [-0.4, -0.2) is 28.5 Å². The summed E-state index contributed by atoms with van der Waals surface area (Å²) in [4.78, 5) is 13.8. The van der Waals surface area contributed by atoms with Crippen LogP contribution in [0.15, 0.2) is 22.1 Å². The van der Waals surface area contributed by atoms with E-state index in [1.165, 1.54) is 5.56 Å². The first-order valence-corrected chi connectivity index (χ1v) is 6.87. The van der Waals surface area contributed by atoms with Crippen molar-refractivity contribution in [3.8, 4) is 0 Å². The first kappa shape index (κ1) is 26.5. The van der Waals surface area contributed by atoms with Gasteiger partial charge in [-0.1, -0.05) is 0 Å². The van der Waals surface area contributed by atoms with Crippen molar-refractivity contribution in [1.29, 1.82) is 0 Å². The molecule has 0 radical (unpaired) electrons. The van der Waals surface area contributed by atoms with Gasteiger partial charge >= 0.3 is 17.1 Å². The Hall–Kier alpha value is -0.411. The van der Waals surface area contributed by atoms with E-state index in [1.807, 2.05) is 13.8 Å². The summed E-state index contributed by atoms with van der Waals surface area (Å²) in [7, 11) is 0. The van der Waals surface area contributed by atoms with Crippen molar-refractivity contribution < 1.29 is 41.9 Å². The fourth-order valence-corrected chi connectivity index (χ4v) is 1.94. The predicted octanol–water partition coefficient (Wildman–Crippen LogP) is -2.17. The summed E-state index contributed by atoms with van der Waals surface area (Å²) in [5.41, 5.74) is 5.05. The third kappa shape index (κ3) is 8.89. The molecule has 0 amide bonds. The quantitative estimate of drug-likeness (QED) is 0.429. The van der Waals surface area contributed by atoms with Gasteiger partial charge in [0.05, 0.1) is 22.8 Å². The van der Waals surface area contributed by atoms with Gasteiger partial charge < -0.3 is 24.8 Å². The van der Waals surface area contributed by atoms with Gasteiger partial charge in [0, 0.05) is 12.1 Å². The maximum Gasteiger partial charge on any atom is 2.00 e. The first-order valence-electron chi connectivity index (χ1n) is 6.87. The molecule has 0 saturated heterocycles. The van der Waals surface area contributed by atoms with Gasteiger partial charge in [-0.15, -0.1) is 0 Å². The van der Waals surface area contributed by atoms with E-state index in [0.717, 1.165) is 22.8 Å². The van der Waals surface area contributed by atoms with Crippen LogP contribution in [-0.2, 0) is 17.1 Å². The van der Waals surface area contributed by atoms with E-state index in [4.69, 9.17) is 0 Å². The molecule has 1 aromatic rings. The van der Waals surface area contributed by atoms with E-state index < -0.39 is 0 Å². The van der Waals surface area contributed by atoms with Gasteiger partial charge in [-0.05, 0) is 66.2 Å². The van der Waals surface area contributed by atoms with Crippen LogP contribution < -0.4 is 24.8 Å². The second-order valence-electron chi connectivity index (χ2n) is 5.53. The van der Waals surface area contributed by atoms with E-state index in [-0.39, 0.29) is 54.0 Å². The fourth-order valence-electron chi connectivity index (χ4n) is 1.94. The fraction of sp³-hybridized carbons (Fsp3) is 0.562. The molecule has 0 N–H and O–H groups in total. The Morgan fingerprint density at radius 2 is 1.18 bits per heavy atom. The Morgan fingerprint density at radius 1 is 0.864 bits per heavy atom. The van der Waals surface area contributed by atoms with E-state index >= 15 is 0 Å². The minimum atomic E-state index is 0. The van der Waals surface area contributed by atoms with Crippen LogP contribution in [0.2, 0.25) is 0 Å². The van der Waals surface area contributed by atoms with E-state index in [1.54, 1.807) is 0 Å². The van der Waals surface area contributed by atoms with Gasteiger partial charge in [0.1, 0.15) is 0 Å². The van der Waals surface area contributed by atoms with Crippen molar-refractivity contribution >= 4 is 11.4 Å². The molecule has 0 aliphatic rings. The minimum absolute atomic E-state index is 0. The third-order valence-corrected chi connectivity index (χ3v) is 2.61. The van der Waals surface area contributed by atoms with Crippen molar-refractivity contribution in [3.05, 3.63) is 29.1 Å². The molecule has 0 unspecified atom stereocenters. The largest absolute Gasteiger partial charge is 2.00 e. The van der Waals surface area contributed by atoms with E-state index in [0.29, 0.717) is 0 Å². The Bertz CT molecular complexity index is 470. The molecule has 22 heavy (non-hydrogen) atoms. The van der Waals surface area contributed by atoms with Gasteiger partial charge in [0.25, 0.3) is 0 Å². The van der Waals surface area contributed by atoms with Crippen molar-refractivity contribution in [2.24, 2.45) is 9.98 Å². The Balaban J connectivity index is -0.00000120. The summed E-state index contributed by atoms with van der Waals surface area (Å²) in [5, 5.41) is 0. The summed E-state index contributed by atoms with van der Waals surface area (Å²) in [6, 6.07) is 4.73. The average molecular weight is 386 g/mol. The molecule has 0 saturated carbocycles. The molecule has 0 fully saturated rings. The SMILES string of the molecule is CC(=NC(C)C)c1cc(C)cc(C(C)=NC(C)C)n1.[Cl-].[Cl-].[Fe+2]. The number of rotatable bonds is 4. The Morgan fingerprint density at radius 3 is 1.45 bits per heavy atom. The minimum Gasteiger partial charge on any atom is -1.00 e.